The SMILES string of the molecule is C[C@H](CCc1ccc2sc3ccccc3c2c1)C(=O)C(=O)O. The number of carboxylic acid groups (broad SMARTS) is 1. The summed E-state index contributed by atoms with van der Waals surface area (Å²) in [4.78, 5) is 22.1. The molecule has 0 amide bonds. The fourth-order valence-electron chi connectivity index (χ4n) is 2.65. The maximum absolute atomic E-state index is 11.4. The van der Waals surface area contributed by atoms with Gasteiger partial charge in [0.05, 0.1) is 0 Å². The van der Waals surface area contributed by atoms with Gasteiger partial charge in [0.2, 0.25) is 5.78 Å². The number of carbonyl (C=O) groups excluding carboxylic acids is 1. The van der Waals surface area contributed by atoms with Crippen molar-refractivity contribution < 1.29 is 14.7 Å². The first-order valence-electron chi connectivity index (χ1n) is 7.23. The molecule has 0 saturated heterocycles. The van der Waals surface area contributed by atoms with Crippen molar-refractivity contribution in [2.45, 2.75) is 19.8 Å². The monoisotopic (exact) mass is 312 g/mol. The Labute approximate surface area is 132 Å². The number of ketones is 1. The second kappa shape index (κ2) is 5.89. The van der Waals surface area contributed by atoms with Crippen molar-refractivity contribution in [2.24, 2.45) is 5.92 Å². The summed E-state index contributed by atoms with van der Waals surface area (Å²) >= 11 is 1.77. The van der Waals surface area contributed by atoms with Crippen LogP contribution in [0.25, 0.3) is 20.2 Å². The number of Topliss-reactive ketones (excluding diaryl/α,β-unsaturated/α-hetero) is 1. The molecule has 0 radical (unpaired) electrons. The Bertz CT molecular complexity index is 863. The first-order valence-corrected chi connectivity index (χ1v) is 8.05. The Morgan fingerprint density at radius 3 is 2.59 bits per heavy atom. The van der Waals surface area contributed by atoms with Gasteiger partial charge in [-0.2, -0.15) is 0 Å². The van der Waals surface area contributed by atoms with E-state index in [0.29, 0.717) is 12.8 Å². The molecule has 1 aromatic heterocycles. The number of fused-ring (bicyclic) bond motifs is 3. The summed E-state index contributed by atoms with van der Waals surface area (Å²) in [6, 6.07) is 14.6. The van der Waals surface area contributed by atoms with Crippen molar-refractivity contribution in [3.63, 3.8) is 0 Å². The first kappa shape index (κ1) is 14.7. The van der Waals surface area contributed by atoms with E-state index >= 15 is 0 Å². The summed E-state index contributed by atoms with van der Waals surface area (Å²) < 4.78 is 2.52. The summed E-state index contributed by atoms with van der Waals surface area (Å²) in [7, 11) is 0. The standard InChI is InChI=1S/C18H16O3S/c1-11(17(19)18(20)21)6-7-12-8-9-16-14(10-12)13-4-2-3-5-15(13)22-16/h2-5,8-11H,6-7H2,1H3,(H,20,21)/t11-/m1/s1. The summed E-state index contributed by atoms with van der Waals surface area (Å²) in [6.07, 6.45) is 1.26. The molecule has 22 heavy (non-hydrogen) atoms. The average molecular weight is 312 g/mol. The number of thiophene rings is 1. The smallest absolute Gasteiger partial charge is 0.372 e. The van der Waals surface area contributed by atoms with Crippen LogP contribution in [-0.2, 0) is 16.0 Å². The Morgan fingerprint density at radius 2 is 1.82 bits per heavy atom. The molecule has 1 heterocycles. The molecule has 1 atom stereocenters. The largest absolute Gasteiger partial charge is 0.475 e. The fourth-order valence-corrected chi connectivity index (χ4v) is 3.74. The van der Waals surface area contributed by atoms with E-state index in [-0.39, 0.29) is 0 Å². The highest BCUT2D eigenvalue weighted by Gasteiger charge is 2.19. The molecule has 3 nitrogen and oxygen atoms in total. The molecule has 2 aromatic carbocycles. The molecule has 0 bridgehead atoms. The Kier molecular flexibility index (Phi) is 3.94. The fraction of sp³-hybridized carbons (Fsp3) is 0.222. The van der Waals surface area contributed by atoms with E-state index in [1.165, 1.54) is 20.2 Å². The van der Waals surface area contributed by atoms with E-state index in [0.717, 1.165) is 5.56 Å². The van der Waals surface area contributed by atoms with Gasteiger partial charge in [-0.1, -0.05) is 31.2 Å². The molecule has 4 heteroatoms. The van der Waals surface area contributed by atoms with Crippen molar-refractivity contribution in [1.82, 2.24) is 0 Å². The molecule has 0 aliphatic carbocycles. The van der Waals surface area contributed by atoms with E-state index in [2.05, 4.69) is 30.3 Å². The predicted octanol–water partition coefficient (Wildman–Crippen LogP) is 4.28. The maximum Gasteiger partial charge on any atom is 0.372 e. The lowest BCUT2D eigenvalue weighted by Gasteiger charge is -2.07. The van der Waals surface area contributed by atoms with Gasteiger partial charge in [-0.25, -0.2) is 4.79 Å². The molecule has 0 saturated carbocycles. The van der Waals surface area contributed by atoms with E-state index in [1.807, 2.05) is 12.1 Å². The lowest BCUT2D eigenvalue weighted by molar-refractivity contribution is -0.150. The number of hydrogen-bond donors (Lipinski definition) is 1. The molecule has 0 aliphatic rings. The molecule has 3 aromatic rings. The van der Waals surface area contributed by atoms with Crippen molar-refractivity contribution in [3.8, 4) is 0 Å². The third-order valence-electron chi connectivity index (χ3n) is 3.97. The van der Waals surface area contributed by atoms with Crippen LogP contribution in [0.1, 0.15) is 18.9 Å². The highest BCUT2D eigenvalue weighted by Crippen LogP contribution is 2.34. The maximum atomic E-state index is 11.4. The van der Waals surface area contributed by atoms with Gasteiger partial charge >= 0.3 is 5.97 Å². The van der Waals surface area contributed by atoms with Crippen LogP contribution in [0.5, 0.6) is 0 Å². The molecule has 3 rings (SSSR count). The van der Waals surface area contributed by atoms with Crippen molar-refractivity contribution in [3.05, 3.63) is 48.0 Å². The third-order valence-corrected chi connectivity index (χ3v) is 5.12. The van der Waals surface area contributed by atoms with Gasteiger partial charge in [-0.05, 0) is 36.6 Å². The van der Waals surface area contributed by atoms with Gasteiger partial charge < -0.3 is 5.11 Å². The van der Waals surface area contributed by atoms with Gasteiger partial charge in [0, 0.05) is 26.1 Å². The summed E-state index contributed by atoms with van der Waals surface area (Å²) in [5.41, 5.74) is 1.14. The Balaban J connectivity index is 1.84. The number of rotatable bonds is 5. The molecule has 112 valence electrons. The third kappa shape index (κ3) is 2.74. The summed E-state index contributed by atoms with van der Waals surface area (Å²) in [6.45, 7) is 1.68. The van der Waals surface area contributed by atoms with Crippen molar-refractivity contribution >= 4 is 43.3 Å². The van der Waals surface area contributed by atoms with Gasteiger partial charge in [-0.15, -0.1) is 11.3 Å². The molecule has 1 N–H and O–H groups in total. The van der Waals surface area contributed by atoms with Crippen LogP contribution in [0, 0.1) is 5.92 Å². The van der Waals surface area contributed by atoms with E-state index in [9.17, 15) is 9.59 Å². The zero-order valence-corrected chi connectivity index (χ0v) is 13.0. The second-order valence-corrected chi connectivity index (χ2v) is 6.62. The quantitative estimate of drug-likeness (QED) is 0.716. The van der Waals surface area contributed by atoms with Crippen LogP contribution in [-0.4, -0.2) is 16.9 Å². The summed E-state index contributed by atoms with van der Waals surface area (Å²) in [5, 5.41) is 11.2. The van der Waals surface area contributed by atoms with Crippen LogP contribution < -0.4 is 0 Å². The van der Waals surface area contributed by atoms with Gasteiger partial charge in [0.25, 0.3) is 0 Å². The number of aryl methyl sites for hydroxylation is 1. The predicted molar refractivity (Wildman–Crippen MR) is 89.5 cm³/mol. The van der Waals surface area contributed by atoms with Crippen LogP contribution in [0.4, 0.5) is 0 Å². The Hall–Kier alpha value is -2.20. The average Bonchev–Trinajstić information content (AvgIpc) is 2.89. The molecule has 0 fully saturated rings. The number of benzene rings is 2. The zero-order chi connectivity index (χ0) is 15.7. The van der Waals surface area contributed by atoms with Crippen LogP contribution >= 0.6 is 11.3 Å². The molecule has 0 spiro atoms. The normalized spacial score (nSPS) is 12.6. The van der Waals surface area contributed by atoms with Crippen molar-refractivity contribution in [2.75, 3.05) is 0 Å². The first-order chi connectivity index (χ1) is 10.6. The van der Waals surface area contributed by atoms with E-state index in [1.54, 1.807) is 18.3 Å². The topological polar surface area (TPSA) is 54.4 Å². The number of aliphatic carboxylic acids is 1. The minimum atomic E-state index is -1.34. The van der Waals surface area contributed by atoms with E-state index < -0.39 is 17.7 Å². The van der Waals surface area contributed by atoms with Gasteiger partial charge in [0.15, 0.2) is 0 Å². The number of carboxylic acids is 1. The highest BCUT2D eigenvalue weighted by atomic mass is 32.1. The molecule has 0 unspecified atom stereocenters. The minimum absolute atomic E-state index is 0.451. The van der Waals surface area contributed by atoms with Crippen LogP contribution in [0.15, 0.2) is 42.5 Å². The van der Waals surface area contributed by atoms with Crippen LogP contribution in [0.3, 0.4) is 0 Å². The van der Waals surface area contributed by atoms with E-state index in [4.69, 9.17) is 5.11 Å². The van der Waals surface area contributed by atoms with Gasteiger partial charge in [0.1, 0.15) is 0 Å². The molecular formula is C18H16O3S. The zero-order valence-electron chi connectivity index (χ0n) is 12.2. The lowest BCUT2D eigenvalue weighted by Crippen LogP contribution is -2.21. The summed E-state index contributed by atoms with van der Waals surface area (Å²) in [5.74, 6) is -2.50. The second-order valence-electron chi connectivity index (χ2n) is 5.54. The Morgan fingerprint density at radius 1 is 1.09 bits per heavy atom. The molecular weight excluding hydrogens is 296 g/mol. The van der Waals surface area contributed by atoms with Crippen LogP contribution in [0.2, 0.25) is 0 Å². The molecule has 0 aliphatic heterocycles. The number of carbonyl (C=O) groups is 2. The lowest BCUT2D eigenvalue weighted by atomic mass is 9.96. The minimum Gasteiger partial charge on any atom is -0.475 e. The number of hydrogen-bond acceptors (Lipinski definition) is 3. The highest BCUT2D eigenvalue weighted by molar-refractivity contribution is 7.25. The van der Waals surface area contributed by atoms with Crippen molar-refractivity contribution in [1.29, 1.82) is 0 Å². The van der Waals surface area contributed by atoms with Gasteiger partial charge in [-0.3, -0.25) is 4.79 Å².